The average molecular weight is 482 g/mol. The molecule has 2 saturated heterocycles. The second-order valence-electron chi connectivity index (χ2n) is 9.66. The topological polar surface area (TPSA) is 69.7 Å². The first-order chi connectivity index (χ1) is 16.5. The third-order valence-electron chi connectivity index (χ3n) is 6.90. The van der Waals surface area contributed by atoms with Crippen LogP contribution in [-0.4, -0.2) is 53.7 Å². The SMILES string of the molecule is CC1CCCN(C(=O)C2CCN(C(=O)c3cccc(NC(=O)CCCc4cccs4)c3)CC2)C1. The smallest absolute Gasteiger partial charge is 0.253 e. The minimum Gasteiger partial charge on any atom is -0.342 e. The van der Waals surface area contributed by atoms with Gasteiger partial charge in [0.1, 0.15) is 0 Å². The largest absolute Gasteiger partial charge is 0.342 e. The first kappa shape index (κ1) is 24.5. The van der Waals surface area contributed by atoms with Crippen molar-refractivity contribution in [3.05, 3.63) is 52.2 Å². The van der Waals surface area contributed by atoms with Gasteiger partial charge in [0.2, 0.25) is 11.8 Å². The van der Waals surface area contributed by atoms with Gasteiger partial charge in [-0.25, -0.2) is 0 Å². The summed E-state index contributed by atoms with van der Waals surface area (Å²) in [5.41, 5.74) is 1.22. The Morgan fingerprint density at radius 2 is 1.85 bits per heavy atom. The molecule has 34 heavy (non-hydrogen) atoms. The zero-order valence-electron chi connectivity index (χ0n) is 20.0. The second kappa shape index (κ2) is 11.6. The zero-order valence-corrected chi connectivity index (χ0v) is 20.8. The molecule has 0 aliphatic carbocycles. The van der Waals surface area contributed by atoms with E-state index in [1.165, 1.54) is 11.3 Å². The highest BCUT2D eigenvalue weighted by atomic mass is 32.1. The van der Waals surface area contributed by atoms with Crippen LogP contribution < -0.4 is 5.32 Å². The monoisotopic (exact) mass is 481 g/mol. The van der Waals surface area contributed by atoms with Crippen LogP contribution in [0, 0.1) is 11.8 Å². The van der Waals surface area contributed by atoms with E-state index < -0.39 is 0 Å². The van der Waals surface area contributed by atoms with Crippen molar-refractivity contribution in [2.75, 3.05) is 31.5 Å². The van der Waals surface area contributed by atoms with Crippen LogP contribution in [0.4, 0.5) is 5.69 Å². The van der Waals surface area contributed by atoms with Gasteiger partial charge in [-0.3, -0.25) is 14.4 Å². The van der Waals surface area contributed by atoms with Crippen molar-refractivity contribution in [3.63, 3.8) is 0 Å². The molecule has 1 N–H and O–H groups in total. The number of thiophene rings is 1. The highest BCUT2D eigenvalue weighted by Gasteiger charge is 2.32. The molecule has 1 aromatic carbocycles. The molecule has 4 rings (SSSR count). The van der Waals surface area contributed by atoms with Crippen molar-refractivity contribution < 1.29 is 14.4 Å². The van der Waals surface area contributed by atoms with Crippen molar-refractivity contribution >= 4 is 34.7 Å². The number of nitrogens with zero attached hydrogens (tertiary/aromatic N) is 2. The lowest BCUT2D eigenvalue weighted by atomic mass is 9.92. The van der Waals surface area contributed by atoms with E-state index in [9.17, 15) is 14.4 Å². The molecule has 0 bridgehead atoms. The van der Waals surface area contributed by atoms with Crippen molar-refractivity contribution in [2.24, 2.45) is 11.8 Å². The summed E-state index contributed by atoms with van der Waals surface area (Å²) in [6, 6.07) is 11.3. The van der Waals surface area contributed by atoms with Crippen LogP contribution in [0.25, 0.3) is 0 Å². The van der Waals surface area contributed by atoms with Gasteiger partial charge in [0.25, 0.3) is 5.91 Å². The minimum atomic E-state index is -0.0358. The molecule has 3 amide bonds. The van der Waals surface area contributed by atoms with Gasteiger partial charge in [-0.05, 0) is 74.1 Å². The van der Waals surface area contributed by atoms with Gasteiger partial charge in [0.15, 0.2) is 0 Å². The molecule has 2 aromatic rings. The summed E-state index contributed by atoms with van der Waals surface area (Å²) in [7, 11) is 0. The molecule has 6 nitrogen and oxygen atoms in total. The maximum absolute atomic E-state index is 13.1. The summed E-state index contributed by atoms with van der Waals surface area (Å²) in [5.74, 6) is 0.795. The van der Waals surface area contributed by atoms with Crippen molar-refractivity contribution in [2.45, 2.75) is 51.9 Å². The molecule has 3 heterocycles. The van der Waals surface area contributed by atoms with Crippen molar-refractivity contribution in [3.8, 4) is 0 Å². The van der Waals surface area contributed by atoms with Gasteiger partial charge < -0.3 is 15.1 Å². The standard InChI is InChI=1S/C27H35N3O3S/c1-20-6-4-14-30(19-20)26(32)21-12-15-29(16-13-21)27(33)22-7-2-8-23(18-22)28-25(31)11-3-9-24-10-5-17-34-24/h2,5,7-8,10,17-18,20-21H,3-4,6,9,11-16,19H2,1H3,(H,28,31). The molecule has 182 valence electrons. The maximum atomic E-state index is 13.1. The number of rotatable bonds is 7. The number of anilines is 1. The number of amides is 3. The Kier molecular flexibility index (Phi) is 8.38. The average Bonchev–Trinajstić information content (AvgIpc) is 3.37. The van der Waals surface area contributed by atoms with E-state index >= 15 is 0 Å². The summed E-state index contributed by atoms with van der Waals surface area (Å²) in [4.78, 5) is 43.5. The summed E-state index contributed by atoms with van der Waals surface area (Å²) in [6.07, 6.45) is 5.88. The van der Waals surface area contributed by atoms with Crippen LogP contribution in [0.15, 0.2) is 41.8 Å². The molecule has 1 aromatic heterocycles. The van der Waals surface area contributed by atoms with E-state index in [1.54, 1.807) is 23.5 Å². The number of hydrogen-bond acceptors (Lipinski definition) is 4. The fourth-order valence-corrected chi connectivity index (χ4v) is 5.74. The number of carbonyl (C=O) groups is 3. The van der Waals surface area contributed by atoms with Crippen molar-refractivity contribution in [1.82, 2.24) is 9.80 Å². The summed E-state index contributed by atoms with van der Waals surface area (Å²) in [5, 5.41) is 4.97. The van der Waals surface area contributed by atoms with E-state index in [-0.39, 0.29) is 23.6 Å². The molecule has 0 spiro atoms. The van der Waals surface area contributed by atoms with Crippen LogP contribution >= 0.6 is 11.3 Å². The van der Waals surface area contributed by atoms with E-state index in [0.29, 0.717) is 36.7 Å². The summed E-state index contributed by atoms with van der Waals surface area (Å²) >= 11 is 1.71. The fourth-order valence-electron chi connectivity index (χ4n) is 4.99. The number of carbonyl (C=O) groups excluding carboxylic acids is 3. The van der Waals surface area contributed by atoms with E-state index in [2.05, 4.69) is 18.3 Å². The van der Waals surface area contributed by atoms with E-state index in [1.807, 2.05) is 33.4 Å². The maximum Gasteiger partial charge on any atom is 0.253 e. The first-order valence-electron chi connectivity index (χ1n) is 12.5. The predicted molar refractivity (Wildman–Crippen MR) is 136 cm³/mol. The number of hydrogen-bond donors (Lipinski definition) is 1. The van der Waals surface area contributed by atoms with E-state index in [0.717, 1.165) is 45.2 Å². The van der Waals surface area contributed by atoms with Gasteiger partial charge in [0.05, 0.1) is 0 Å². The van der Waals surface area contributed by atoms with Crippen LogP contribution in [-0.2, 0) is 16.0 Å². The summed E-state index contributed by atoms with van der Waals surface area (Å²) in [6.45, 7) is 5.14. The molecule has 2 aliphatic heterocycles. The number of nitrogens with one attached hydrogen (secondary N) is 1. The fraction of sp³-hybridized carbons (Fsp3) is 0.519. The van der Waals surface area contributed by atoms with Crippen LogP contribution in [0.1, 0.15) is 60.7 Å². The Labute approximate surface area is 206 Å². The molecule has 1 unspecified atom stereocenters. The van der Waals surface area contributed by atoms with E-state index in [4.69, 9.17) is 0 Å². The summed E-state index contributed by atoms with van der Waals surface area (Å²) < 4.78 is 0. The number of piperidine rings is 2. The highest BCUT2D eigenvalue weighted by Crippen LogP contribution is 2.25. The molecular weight excluding hydrogens is 446 g/mol. The Morgan fingerprint density at radius 1 is 1.03 bits per heavy atom. The van der Waals surface area contributed by atoms with Gasteiger partial charge in [-0.15, -0.1) is 11.3 Å². The number of likely N-dealkylation sites (tertiary alicyclic amines) is 2. The Bertz CT molecular complexity index is 983. The highest BCUT2D eigenvalue weighted by molar-refractivity contribution is 7.09. The molecule has 2 aliphatic rings. The quantitative estimate of drug-likeness (QED) is 0.616. The lowest BCUT2D eigenvalue weighted by Gasteiger charge is -2.37. The van der Waals surface area contributed by atoms with Gasteiger partial charge in [-0.1, -0.05) is 19.1 Å². The number of aryl methyl sites for hydroxylation is 1. The van der Waals surface area contributed by atoms with Crippen LogP contribution in [0.5, 0.6) is 0 Å². The molecule has 0 radical (unpaired) electrons. The third kappa shape index (κ3) is 6.47. The molecule has 2 fully saturated rings. The third-order valence-corrected chi connectivity index (χ3v) is 7.84. The lowest BCUT2D eigenvalue weighted by Crippen LogP contribution is -2.47. The minimum absolute atomic E-state index is 0.0224. The Hall–Kier alpha value is -2.67. The van der Waals surface area contributed by atoms with Gasteiger partial charge in [-0.2, -0.15) is 0 Å². The molecule has 1 atom stereocenters. The molecular formula is C27H35N3O3S. The Morgan fingerprint density at radius 3 is 2.59 bits per heavy atom. The normalized spacial score (nSPS) is 19.1. The van der Waals surface area contributed by atoms with Gasteiger partial charge in [0, 0.05) is 54.6 Å². The Balaban J connectivity index is 1.25. The van der Waals surface area contributed by atoms with Gasteiger partial charge >= 0.3 is 0 Å². The van der Waals surface area contributed by atoms with Crippen molar-refractivity contribution in [1.29, 1.82) is 0 Å². The van der Waals surface area contributed by atoms with Crippen LogP contribution in [0.3, 0.4) is 0 Å². The first-order valence-corrected chi connectivity index (χ1v) is 13.4. The predicted octanol–water partition coefficient (Wildman–Crippen LogP) is 4.82. The number of benzene rings is 1. The molecule has 0 saturated carbocycles. The van der Waals surface area contributed by atoms with Crippen LogP contribution in [0.2, 0.25) is 0 Å². The molecule has 7 heteroatoms. The second-order valence-corrected chi connectivity index (χ2v) is 10.7. The zero-order chi connectivity index (χ0) is 23.9. The lowest BCUT2D eigenvalue weighted by molar-refractivity contribution is -0.138.